The van der Waals surface area contributed by atoms with Gasteiger partial charge in [-0.1, -0.05) is 28.1 Å². The number of halogens is 1. The monoisotopic (exact) mass is 300 g/mol. The Kier molecular flexibility index (Phi) is 5.29. The number of hydrogen-bond donors (Lipinski definition) is 0. The molecule has 0 aliphatic carbocycles. The molecule has 1 saturated heterocycles. The van der Waals surface area contributed by atoms with E-state index in [0.29, 0.717) is 6.61 Å². The molecule has 0 atom stereocenters. The quantitative estimate of drug-likeness (QED) is 0.782. The van der Waals surface area contributed by atoms with Crippen LogP contribution in [0, 0.1) is 0 Å². The maximum Gasteiger partial charge on any atom is 0.160 e. The van der Waals surface area contributed by atoms with Crippen LogP contribution in [0.3, 0.4) is 0 Å². The zero-order valence-corrected chi connectivity index (χ0v) is 11.3. The minimum Gasteiger partial charge on any atom is -0.493 e. The third kappa shape index (κ3) is 4.30. The van der Waals surface area contributed by atoms with E-state index in [1.54, 1.807) is 0 Å². The van der Waals surface area contributed by atoms with Gasteiger partial charge in [0.05, 0.1) is 19.8 Å². The van der Waals surface area contributed by atoms with Crippen LogP contribution >= 0.6 is 15.9 Å². The summed E-state index contributed by atoms with van der Waals surface area (Å²) in [6, 6.07) is 8.08. The molecule has 0 radical (unpaired) electrons. The molecule has 1 aromatic rings. The molecule has 0 unspecified atom stereocenters. The van der Waals surface area contributed by atoms with Crippen molar-refractivity contribution in [2.24, 2.45) is 0 Å². The van der Waals surface area contributed by atoms with E-state index in [1.165, 1.54) is 5.56 Å². The number of rotatable bonds is 5. The lowest BCUT2D eigenvalue weighted by Crippen LogP contribution is -2.26. The smallest absolute Gasteiger partial charge is 0.160 e. The standard InChI is InChI=1S/C13H17BrO3/c14-10-11-2-4-12(5-3-11)15-9-6-13-16-7-1-8-17-13/h2-5,13H,1,6-10H2. The lowest BCUT2D eigenvalue weighted by Gasteiger charge is -2.23. The number of hydrogen-bond acceptors (Lipinski definition) is 3. The van der Waals surface area contributed by atoms with Gasteiger partial charge >= 0.3 is 0 Å². The largest absolute Gasteiger partial charge is 0.493 e. The summed E-state index contributed by atoms with van der Waals surface area (Å²) >= 11 is 3.41. The fraction of sp³-hybridized carbons (Fsp3) is 0.538. The SMILES string of the molecule is BrCc1ccc(OCCC2OCCCO2)cc1. The molecular formula is C13H17BrO3. The Morgan fingerprint density at radius 3 is 2.53 bits per heavy atom. The third-order valence-electron chi connectivity index (χ3n) is 2.60. The van der Waals surface area contributed by atoms with E-state index in [9.17, 15) is 0 Å². The first-order valence-corrected chi connectivity index (χ1v) is 7.01. The van der Waals surface area contributed by atoms with E-state index in [-0.39, 0.29) is 6.29 Å². The summed E-state index contributed by atoms with van der Waals surface area (Å²) in [6.45, 7) is 2.22. The minimum atomic E-state index is -0.0921. The molecule has 0 spiro atoms. The van der Waals surface area contributed by atoms with Gasteiger partial charge in [0.15, 0.2) is 6.29 Å². The van der Waals surface area contributed by atoms with Crippen LogP contribution in [0.25, 0.3) is 0 Å². The predicted octanol–water partition coefficient (Wildman–Crippen LogP) is 3.11. The van der Waals surface area contributed by atoms with Crippen LogP contribution < -0.4 is 4.74 Å². The maximum atomic E-state index is 5.63. The first-order valence-electron chi connectivity index (χ1n) is 5.89. The lowest BCUT2D eigenvalue weighted by atomic mass is 10.2. The van der Waals surface area contributed by atoms with E-state index >= 15 is 0 Å². The van der Waals surface area contributed by atoms with Gasteiger partial charge in [0, 0.05) is 11.8 Å². The minimum absolute atomic E-state index is 0.0921. The van der Waals surface area contributed by atoms with Gasteiger partial charge in [-0.2, -0.15) is 0 Å². The molecule has 4 heteroatoms. The molecule has 1 aliphatic heterocycles. The van der Waals surface area contributed by atoms with Crippen molar-refractivity contribution in [1.29, 1.82) is 0 Å². The van der Waals surface area contributed by atoms with Crippen LogP contribution in [-0.4, -0.2) is 26.1 Å². The highest BCUT2D eigenvalue weighted by molar-refractivity contribution is 9.08. The van der Waals surface area contributed by atoms with Gasteiger partial charge in [-0.15, -0.1) is 0 Å². The number of ether oxygens (including phenoxy) is 3. The second-order valence-corrected chi connectivity index (χ2v) is 4.50. The summed E-state index contributed by atoms with van der Waals surface area (Å²) in [7, 11) is 0. The average Bonchev–Trinajstić information content (AvgIpc) is 2.41. The molecule has 3 nitrogen and oxygen atoms in total. The molecule has 1 fully saturated rings. The van der Waals surface area contributed by atoms with Crippen LogP contribution in [-0.2, 0) is 14.8 Å². The Labute approximate surface area is 110 Å². The molecule has 1 aromatic carbocycles. The fourth-order valence-electron chi connectivity index (χ4n) is 1.65. The van der Waals surface area contributed by atoms with Gasteiger partial charge < -0.3 is 14.2 Å². The average molecular weight is 301 g/mol. The molecule has 94 valence electrons. The summed E-state index contributed by atoms with van der Waals surface area (Å²) < 4.78 is 16.5. The van der Waals surface area contributed by atoms with Gasteiger partial charge in [-0.05, 0) is 24.1 Å². The van der Waals surface area contributed by atoms with Crippen molar-refractivity contribution < 1.29 is 14.2 Å². The first-order chi connectivity index (χ1) is 8.38. The van der Waals surface area contributed by atoms with E-state index in [2.05, 4.69) is 28.1 Å². The van der Waals surface area contributed by atoms with Gasteiger partial charge in [0.25, 0.3) is 0 Å². The van der Waals surface area contributed by atoms with Crippen molar-refractivity contribution in [2.75, 3.05) is 19.8 Å². The highest BCUT2D eigenvalue weighted by Crippen LogP contribution is 2.15. The predicted molar refractivity (Wildman–Crippen MR) is 69.5 cm³/mol. The Hall–Kier alpha value is -0.580. The third-order valence-corrected chi connectivity index (χ3v) is 3.24. The second-order valence-electron chi connectivity index (χ2n) is 3.94. The molecule has 0 bridgehead atoms. The second kappa shape index (κ2) is 6.99. The Bertz CT molecular complexity index is 320. The molecule has 1 heterocycles. The Morgan fingerprint density at radius 1 is 1.18 bits per heavy atom. The van der Waals surface area contributed by atoms with Gasteiger partial charge in [0.2, 0.25) is 0 Å². The van der Waals surface area contributed by atoms with Crippen molar-refractivity contribution in [2.45, 2.75) is 24.5 Å². The molecule has 0 amide bonds. The molecule has 1 aliphatic rings. The van der Waals surface area contributed by atoms with Crippen molar-refractivity contribution >= 4 is 15.9 Å². The molecular weight excluding hydrogens is 284 g/mol. The van der Waals surface area contributed by atoms with Gasteiger partial charge in [-0.3, -0.25) is 0 Å². The molecule has 0 aromatic heterocycles. The fourth-order valence-corrected chi connectivity index (χ4v) is 2.02. The van der Waals surface area contributed by atoms with E-state index < -0.39 is 0 Å². The van der Waals surface area contributed by atoms with Crippen LogP contribution in [0.4, 0.5) is 0 Å². The van der Waals surface area contributed by atoms with E-state index in [4.69, 9.17) is 14.2 Å². The van der Waals surface area contributed by atoms with Crippen LogP contribution in [0.15, 0.2) is 24.3 Å². The Morgan fingerprint density at radius 2 is 1.88 bits per heavy atom. The summed E-state index contributed by atoms with van der Waals surface area (Å²) in [4.78, 5) is 0. The lowest BCUT2D eigenvalue weighted by molar-refractivity contribution is -0.183. The van der Waals surface area contributed by atoms with Gasteiger partial charge in [0.1, 0.15) is 5.75 Å². The molecule has 0 saturated carbocycles. The summed E-state index contributed by atoms with van der Waals surface area (Å²) in [5.74, 6) is 0.894. The molecule has 0 N–H and O–H groups in total. The van der Waals surface area contributed by atoms with Crippen molar-refractivity contribution in [3.8, 4) is 5.75 Å². The maximum absolute atomic E-state index is 5.63. The van der Waals surface area contributed by atoms with Crippen LogP contribution in [0.1, 0.15) is 18.4 Å². The van der Waals surface area contributed by atoms with E-state index in [1.807, 2.05) is 12.1 Å². The van der Waals surface area contributed by atoms with Crippen molar-refractivity contribution in [3.63, 3.8) is 0 Å². The summed E-state index contributed by atoms with van der Waals surface area (Å²) in [6.07, 6.45) is 1.68. The first kappa shape index (κ1) is 12.9. The highest BCUT2D eigenvalue weighted by atomic mass is 79.9. The van der Waals surface area contributed by atoms with Crippen molar-refractivity contribution in [1.82, 2.24) is 0 Å². The summed E-state index contributed by atoms with van der Waals surface area (Å²) in [5, 5.41) is 0.872. The zero-order chi connectivity index (χ0) is 11.9. The van der Waals surface area contributed by atoms with Crippen LogP contribution in [0.2, 0.25) is 0 Å². The number of benzene rings is 1. The zero-order valence-electron chi connectivity index (χ0n) is 9.73. The normalized spacial score (nSPS) is 17.0. The Balaban J connectivity index is 1.69. The highest BCUT2D eigenvalue weighted by Gasteiger charge is 2.13. The van der Waals surface area contributed by atoms with E-state index in [0.717, 1.165) is 37.1 Å². The molecule has 17 heavy (non-hydrogen) atoms. The topological polar surface area (TPSA) is 27.7 Å². The van der Waals surface area contributed by atoms with Crippen LogP contribution in [0.5, 0.6) is 5.75 Å². The van der Waals surface area contributed by atoms with Gasteiger partial charge in [-0.25, -0.2) is 0 Å². The molecule has 2 rings (SSSR count). The summed E-state index contributed by atoms with van der Waals surface area (Å²) in [5.41, 5.74) is 1.25. The van der Waals surface area contributed by atoms with Crippen molar-refractivity contribution in [3.05, 3.63) is 29.8 Å². The number of alkyl halides is 1.